The highest BCUT2D eigenvalue weighted by atomic mass is 35.5. The van der Waals surface area contributed by atoms with Crippen molar-refractivity contribution in [3.05, 3.63) is 29.8 Å². The van der Waals surface area contributed by atoms with Crippen LogP contribution in [0.15, 0.2) is 24.3 Å². The van der Waals surface area contributed by atoms with Gasteiger partial charge in [-0.25, -0.2) is 0 Å². The lowest BCUT2D eigenvalue weighted by Gasteiger charge is -2.58. The van der Waals surface area contributed by atoms with E-state index in [-0.39, 0.29) is 16.8 Å². The van der Waals surface area contributed by atoms with Crippen molar-refractivity contribution in [1.82, 2.24) is 0 Å². The van der Waals surface area contributed by atoms with Crippen molar-refractivity contribution < 1.29 is 14.3 Å². The highest BCUT2D eigenvalue weighted by Crippen LogP contribution is 2.64. The molecule has 1 aromatic carbocycles. The molecule has 4 fully saturated rings. The lowest BCUT2D eigenvalue weighted by Crippen LogP contribution is -2.57. The number of benzene rings is 1. The number of amides is 1. The number of ether oxygens (including phenoxy) is 1. The van der Waals surface area contributed by atoms with Gasteiger partial charge >= 0.3 is 5.97 Å². The molecule has 3 unspecified atom stereocenters. The van der Waals surface area contributed by atoms with Gasteiger partial charge in [-0.05, 0) is 76.3 Å². The lowest BCUT2D eigenvalue weighted by atomic mass is 9.49. The summed E-state index contributed by atoms with van der Waals surface area (Å²) in [6, 6.07) is 7.56. The molecular formula is C21H26ClNO3. The Balaban J connectivity index is 1.41. The zero-order valence-electron chi connectivity index (χ0n) is 15.4. The van der Waals surface area contributed by atoms with Crippen LogP contribution in [0.5, 0.6) is 0 Å². The number of rotatable bonds is 4. The van der Waals surface area contributed by atoms with Crippen LogP contribution in [0.2, 0.25) is 0 Å². The number of aryl methyl sites for hydroxylation is 1. The fourth-order valence-corrected chi connectivity index (χ4v) is 6.30. The maximum Gasteiger partial charge on any atom is 0.312 e. The van der Waals surface area contributed by atoms with Gasteiger partial charge < -0.3 is 10.1 Å². The van der Waals surface area contributed by atoms with Gasteiger partial charge in [0.15, 0.2) is 6.10 Å². The fraction of sp³-hybridized carbons (Fsp3) is 0.619. The van der Waals surface area contributed by atoms with Gasteiger partial charge in [0.05, 0.1) is 5.41 Å². The van der Waals surface area contributed by atoms with Crippen LogP contribution in [0.1, 0.15) is 51.0 Å². The maximum absolute atomic E-state index is 13.0. The average molecular weight is 376 g/mol. The molecule has 5 rings (SSSR count). The van der Waals surface area contributed by atoms with Gasteiger partial charge in [-0.3, -0.25) is 9.59 Å². The van der Waals surface area contributed by atoms with E-state index in [0.29, 0.717) is 23.9 Å². The molecule has 4 aliphatic rings. The zero-order chi connectivity index (χ0) is 18.5. The van der Waals surface area contributed by atoms with E-state index in [9.17, 15) is 9.59 Å². The third-order valence-corrected chi connectivity index (χ3v) is 6.84. The number of nitrogens with one attached hydrogen (secondary N) is 1. The first-order chi connectivity index (χ1) is 12.3. The summed E-state index contributed by atoms with van der Waals surface area (Å²) < 4.78 is 5.63. The van der Waals surface area contributed by atoms with Crippen molar-refractivity contribution in [3.8, 4) is 0 Å². The molecule has 1 N–H and O–H groups in total. The first-order valence-corrected chi connectivity index (χ1v) is 9.92. The molecule has 1 amide bonds. The quantitative estimate of drug-likeness (QED) is 0.625. The summed E-state index contributed by atoms with van der Waals surface area (Å²) in [6.07, 6.45) is 4.83. The summed E-state index contributed by atoms with van der Waals surface area (Å²) in [4.78, 5) is 25.2. The molecule has 3 atom stereocenters. The Morgan fingerprint density at radius 1 is 1.15 bits per heavy atom. The van der Waals surface area contributed by atoms with Crippen molar-refractivity contribution in [1.29, 1.82) is 0 Å². The highest BCUT2D eigenvalue weighted by Gasteiger charge is 2.61. The lowest BCUT2D eigenvalue weighted by molar-refractivity contribution is -0.176. The molecule has 0 aliphatic heterocycles. The van der Waals surface area contributed by atoms with Crippen molar-refractivity contribution in [3.63, 3.8) is 0 Å². The number of hydrogen-bond acceptors (Lipinski definition) is 3. The van der Waals surface area contributed by atoms with Crippen LogP contribution in [0.3, 0.4) is 0 Å². The first kappa shape index (κ1) is 17.8. The van der Waals surface area contributed by atoms with Crippen LogP contribution < -0.4 is 5.32 Å². The van der Waals surface area contributed by atoms with Gasteiger partial charge in [0.1, 0.15) is 0 Å². The van der Waals surface area contributed by atoms with Gasteiger partial charge in [0.2, 0.25) is 0 Å². The van der Waals surface area contributed by atoms with E-state index >= 15 is 0 Å². The second-order valence-electron chi connectivity index (χ2n) is 8.80. The minimum absolute atomic E-state index is 0.233. The van der Waals surface area contributed by atoms with Gasteiger partial charge in [0.25, 0.3) is 5.91 Å². The average Bonchev–Trinajstić information content (AvgIpc) is 2.54. The number of carbonyl (C=O) groups excluding carboxylic acids is 2. The van der Waals surface area contributed by atoms with E-state index in [2.05, 4.69) is 5.32 Å². The van der Waals surface area contributed by atoms with E-state index in [1.807, 2.05) is 31.2 Å². The van der Waals surface area contributed by atoms with E-state index in [1.54, 1.807) is 6.92 Å². The zero-order valence-corrected chi connectivity index (χ0v) is 16.1. The van der Waals surface area contributed by atoms with Gasteiger partial charge in [-0.1, -0.05) is 17.7 Å². The molecule has 4 nitrogen and oxygen atoms in total. The molecule has 4 saturated carbocycles. The summed E-state index contributed by atoms with van der Waals surface area (Å²) in [7, 11) is 0. The van der Waals surface area contributed by atoms with Crippen molar-refractivity contribution in [2.45, 2.75) is 63.4 Å². The van der Waals surface area contributed by atoms with Crippen molar-refractivity contribution in [2.24, 2.45) is 17.3 Å². The van der Waals surface area contributed by atoms with E-state index in [0.717, 1.165) is 31.2 Å². The molecule has 1 aromatic rings. The molecule has 0 aromatic heterocycles. The van der Waals surface area contributed by atoms with E-state index in [1.165, 1.54) is 6.42 Å². The number of alkyl halides is 1. The molecule has 4 bridgehead atoms. The van der Waals surface area contributed by atoms with Crippen LogP contribution >= 0.6 is 11.6 Å². The number of carbonyl (C=O) groups is 2. The van der Waals surface area contributed by atoms with Crippen molar-refractivity contribution >= 4 is 29.2 Å². The molecule has 0 heterocycles. The summed E-state index contributed by atoms with van der Waals surface area (Å²) in [6.45, 7) is 3.63. The molecule has 4 aliphatic carbocycles. The van der Waals surface area contributed by atoms with Crippen LogP contribution in [0.4, 0.5) is 5.69 Å². The number of anilines is 1. The Kier molecular flexibility index (Phi) is 4.30. The smallest absolute Gasteiger partial charge is 0.312 e. The second kappa shape index (κ2) is 6.26. The molecule has 26 heavy (non-hydrogen) atoms. The summed E-state index contributed by atoms with van der Waals surface area (Å²) in [5, 5.41) is 2.81. The normalized spacial score (nSPS) is 35.8. The van der Waals surface area contributed by atoms with Crippen LogP contribution in [0.25, 0.3) is 0 Å². The predicted molar refractivity (Wildman–Crippen MR) is 101 cm³/mol. The molecule has 0 saturated heterocycles. The Morgan fingerprint density at radius 2 is 1.77 bits per heavy atom. The first-order valence-electron chi connectivity index (χ1n) is 9.55. The predicted octanol–water partition coefficient (Wildman–Crippen LogP) is 4.44. The monoisotopic (exact) mass is 375 g/mol. The summed E-state index contributed by atoms with van der Waals surface area (Å²) in [5.74, 6) is 0.520. The Morgan fingerprint density at radius 3 is 2.35 bits per heavy atom. The van der Waals surface area contributed by atoms with Gasteiger partial charge in [0, 0.05) is 10.6 Å². The fourth-order valence-electron chi connectivity index (χ4n) is 5.61. The van der Waals surface area contributed by atoms with Crippen molar-refractivity contribution in [2.75, 3.05) is 5.32 Å². The molecule has 0 radical (unpaired) electrons. The minimum Gasteiger partial charge on any atom is -0.452 e. The summed E-state index contributed by atoms with van der Waals surface area (Å²) in [5.41, 5.74) is 1.35. The maximum atomic E-state index is 13.0. The number of esters is 1. The minimum atomic E-state index is -0.817. The Bertz CT molecular complexity index is 715. The molecular weight excluding hydrogens is 350 g/mol. The Hall–Kier alpha value is -1.55. The molecule has 140 valence electrons. The number of halogens is 1. The van der Waals surface area contributed by atoms with Crippen LogP contribution in [-0.2, 0) is 14.3 Å². The third-order valence-electron chi connectivity index (χ3n) is 6.39. The topological polar surface area (TPSA) is 55.4 Å². The van der Waals surface area contributed by atoms with E-state index < -0.39 is 11.5 Å². The van der Waals surface area contributed by atoms with Gasteiger partial charge in [-0.15, -0.1) is 11.6 Å². The van der Waals surface area contributed by atoms with Crippen LogP contribution in [0, 0.1) is 24.2 Å². The standard InChI is InChI=1S/C21H26ClNO3/c1-13-3-5-17(6-4-13)23-18(24)14(2)26-19(25)20-8-15-7-16(9-20)11-21(22,10-15)12-20/h3-6,14-16H,7-12H2,1-2H3,(H,23,24). The Labute approximate surface area is 159 Å². The SMILES string of the molecule is Cc1ccc(NC(=O)C(C)OC(=O)C23CC4CC(CC(Cl)(C4)C2)C3)cc1. The van der Waals surface area contributed by atoms with Crippen LogP contribution in [-0.4, -0.2) is 22.9 Å². The second-order valence-corrected chi connectivity index (χ2v) is 9.60. The highest BCUT2D eigenvalue weighted by molar-refractivity contribution is 6.24. The third kappa shape index (κ3) is 3.24. The van der Waals surface area contributed by atoms with E-state index in [4.69, 9.17) is 16.3 Å². The summed E-state index contributed by atoms with van der Waals surface area (Å²) >= 11 is 6.80. The molecule has 0 spiro atoms. The largest absolute Gasteiger partial charge is 0.452 e. The number of hydrogen-bond donors (Lipinski definition) is 1. The van der Waals surface area contributed by atoms with Gasteiger partial charge in [-0.2, -0.15) is 0 Å². The molecule has 5 heteroatoms.